The highest BCUT2D eigenvalue weighted by molar-refractivity contribution is 7.88. The van der Waals surface area contributed by atoms with Gasteiger partial charge in [-0.2, -0.15) is 0 Å². The average Bonchev–Trinajstić information content (AvgIpc) is 2.66. The summed E-state index contributed by atoms with van der Waals surface area (Å²) in [7, 11) is -3.52. The molecule has 3 N–H and O–H groups in total. The molecular formula is C21H26ClN3O2S. The first-order chi connectivity index (χ1) is 12.9. The monoisotopic (exact) mass is 419 g/mol. The molecule has 1 unspecified atom stereocenters. The molecule has 28 heavy (non-hydrogen) atoms. The lowest BCUT2D eigenvalue weighted by atomic mass is 9.99. The molecule has 1 atom stereocenters. The number of nitrogens with two attached hydrogens (primary N) is 1. The molecule has 3 aromatic rings. The van der Waals surface area contributed by atoms with Crippen LogP contribution in [0.4, 0.5) is 0 Å². The minimum Gasteiger partial charge on any atom is -0.323 e. The highest BCUT2D eigenvalue weighted by Crippen LogP contribution is 2.19. The third-order valence-electron chi connectivity index (χ3n) is 4.62. The molecule has 5 nitrogen and oxygen atoms in total. The molecule has 0 aliphatic carbocycles. The molecule has 1 aromatic heterocycles. The highest BCUT2D eigenvalue weighted by atomic mass is 35.5. The summed E-state index contributed by atoms with van der Waals surface area (Å²) in [4.78, 5) is 4.31. The first-order valence-electron chi connectivity index (χ1n) is 9.01. The maximum absolute atomic E-state index is 12.5. The van der Waals surface area contributed by atoms with Gasteiger partial charge in [-0.3, -0.25) is 4.98 Å². The van der Waals surface area contributed by atoms with Gasteiger partial charge in [0.05, 0.1) is 11.3 Å². The van der Waals surface area contributed by atoms with Gasteiger partial charge in [-0.15, -0.1) is 12.4 Å². The molecule has 150 valence electrons. The van der Waals surface area contributed by atoms with Crippen LogP contribution in [0.5, 0.6) is 0 Å². The lowest BCUT2D eigenvalue weighted by Gasteiger charge is -2.15. The van der Waals surface area contributed by atoms with E-state index in [-0.39, 0.29) is 24.7 Å². The third kappa shape index (κ3) is 5.52. The molecule has 0 saturated heterocycles. The van der Waals surface area contributed by atoms with Gasteiger partial charge in [0, 0.05) is 24.2 Å². The van der Waals surface area contributed by atoms with Gasteiger partial charge in [0.2, 0.25) is 10.0 Å². The third-order valence-corrected chi connectivity index (χ3v) is 5.91. The van der Waals surface area contributed by atoms with E-state index in [1.807, 2.05) is 48.5 Å². The zero-order chi connectivity index (χ0) is 19.4. The maximum atomic E-state index is 12.5. The minimum absolute atomic E-state index is 0. The Morgan fingerprint density at radius 1 is 1.00 bits per heavy atom. The first kappa shape index (κ1) is 22.3. The summed E-state index contributed by atoms with van der Waals surface area (Å²) in [6.45, 7) is 4.41. The summed E-state index contributed by atoms with van der Waals surface area (Å²) in [5.41, 5.74) is 9.70. The van der Waals surface area contributed by atoms with Crippen LogP contribution in [0.15, 0.2) is 60.8 Å². The van der Waals surface area contributed by atoms with Crippen LogP contribution >= 0.6 is 12.4 Å². The van der Waals surface area contributed by atoms with Crippen LogP contribution in [0.3, 0.4) is 0 Å². The fourth-order valence-corrected chi connectivity index (χ4v) is 4.18. The number of aromatic nitrogens is 1. The summed E-state index contributed by atoms with van der Waals surface area (Å²) >= 11 is 0. The van der Waals surface area contributed by atoms with Gasteiger partial charge in [-0.25, -0.2) is 13.1 Å². The van der Waals surface area contributed by atoms with Gasteiger partial charge in [0.25, 0.3) is 0 Å². The summed E-state index contributed by atoms with van der Waals surface area (Å²) in [5, 5.41) is 0.923. The van der Waals surface area contributed by atoms with Crippen molar-refractivity contribution in [3.05, 3.63) is 77.5 Å². The number of nitrogens with one attached hydrogen (secondary N) is 1. The van der Waals surface area contributed by atoms with Gasteiger partial charge in [0.15, 0.2) is 0 Å². The molecule has 3 rings (SSSR count). The number of benzene rings is 2. The van der Waals surface area contributed by atoms with Crippen LogP contribution in [0.2, 0.25) is 0 Å². The number of fused-ring (bicyclic) bond motifs is 1. The van der Waals surface area contributed by atoms with Crippen LogP contribution in [0.1, 0.15) is 42.5 Å². The van der Waals surface area contributed by atoms with Crippen LogP contribution in [-0.2, 0) is 15.8 Å². The second-order valence-electron chi connectivity index (χ2n) is 7.03. The van der Waals surface area contributed by atoms with E-state index in [1.165, 1.54) is 5.56 Å². The lowest BCUT2D eigenvalue weighted by molar-refractivity contribution is 0.571. The van der Waals surface area contributed by atoms with Crippen molar-refractivity contribution in [2.24, 2.45) is 5.73 Å². The number of nitrogens with zero attached hydrogens (tertiary/aromatic N) is 1. The predicted octanol–water partition coefficient (Wildman–Crippen LogP) is 3.90. The van der Waals surface area contributed by atoms with Crippen molar-refractivity contribution in [3.8, 4) is 0 Å². The van der Waals surface area contributed by atoms with E-state index < -0.39 is 16.1 Å². The zero-order valence-corrected chi connectivity index (χ0v) is 17.6. The minimum atomic E-state index is -3.52. The number of hydrogen-bond acceptors (Lipinski definition) is 4. The number of para-hydroxylation sites is 1. The molecular weight excluding hydrogens is 394 g/mol. The standard InChI is InChI=1S/C21H25N3O2S.ClH/c1-15(2)16-8-10-17(11-9-16)20(22)13-24-27(25,26)14-19-6-3-5-18-7-4-12-23-21(18)19;/h3-12,15,20,24H,13-14,22H2,1-2H3;1H. The van der Waals surface area contributed by atoms with Crippen molar-refractivity contribution < 1.29 is 8.42 Å². The van der Waals surface area contributed by atoms with Gasteiger partial charge >= 0.3 is 0 Å². The molecule has 0 amide bonds. The van der Waals surface area contributed by atoms with Crippen molar-refractivity contribution in [1.29, 1.82) is 0 Å². The summed E-state index contributed by atoms with van der Waals surface area (Å²) in [6, 6.07) is 16.9. The van der Waals surface area contributed by atoms with Gasteiger partial charge in [0.1, 0.15) is 0 Å². The molecule has 1 heterocycles. The topological polar surface area (TPSA) is 85.1 Å². The lowest BCUT2D eigenvalue weighted by Crippen LogP contribution is -2.32. The van der Waals surface area contributed by atoms with E-state index >= 15 is 0 Å². The zero-order valence-electron chi connectivity index (χ0n) is 16.0. The van der Waals surface area contributed by atoms with Gasteiger partial charge < -0.3 is 5.73 Å². The fourth-order valence-electron chi connectivity index (χ4n) is 3.00. The Kier molecular flexibility index (Phi) is 7.55. The molecule has 0 aliphatic rings. The van der Waals surface area contributed by atoms with E-state index in [2.05, 4.69) is 23.6 Å². The van der Waals surface area contributed by atoms with Crippen molar-refractivity contribution in [2.75, 3.05) is 6.54 Å². The Balaban J connectivity index is 0.00000280. The van der Waals surface area contributed by atoms with Gasteiger partial charge in [-0.1, -0.05) is 62.4 Å². The number of rotatable bonds is 7. The maximum Gasteiger partial charge on any atom is 0.215 e. The number of sulfonamides is 1. The average molecular weight is 420 g/mol. The van der Waals surface area contributed by atoms with Crippen LogP contribution < -0.4 is 10.5 Å². The van der Waals surface area contributed by atoms with E-state index in [0.717, 1.165) is 10.9 Å². The van der Waals surface area contributed by atoms with Crippen molar-refractivity contribution in [1.82, 2.24) is 9.71 Å². The number of hydrogen-bond donors (Lipinski definition) is 2. The largest absolute Gasteiger partial charge is 0.323 e. The Bertz CT molecular complexity index is 1020. The second kappa shape index (κ2) is 9.47. The van der Waals surface area contributed by atoms with Crippen LogP contribution in [-0.4, -0.2) is 19.9 Å². The van der Waals surface area contributed by atoms with Crippen molar-refractivity contribution in [3.63, 3.8) is 0 Å². The summed E-state index contributed by atoms with van der Waals surface area (Å²) in [5.74, 6) is 0.323. The predicted molar refractivity (Wildman–Crippen MR) is 117 cm³/mol. The van der Waals surface area contributed by atoms with Crippen LogP contribution in [0.25, 0.3) is 10.9 Å². The Hall–Kier alpha value is -1.99. The normalized spacial score (nSPS) is 12.7. The van der Waals surface area contributed by atoms with E-state index in [1.54, 1.807) is 12.3 Å². The molecule has 0 fully saturated rings. The van der Waals surface area contributed by atoms with Crippen molar-refractivity contribution >= 4 is 33.3 Å². The number of halogens is 1. The Labute approximate surface area is 172 Å². The van der Waals surface area contributed by atoms with E-state index in [0.29, 0.717) is 17.0 Å². The molecule has 0 radical (unpaired) electrons. The quantitative estimate of drug-likeness (QED) is 0.608. The molecule has 7 heteroatoms. The molecule has 2 aromatic carbocycles. The first-order valence-corrected chi connectivity index (χ1v) is 10.7. The van der Waals surface area contributed by atoms with E-state index in [4.69, 9.17) is 5.73 Å². The smallest absolute Gasteiger partial charge is 0.215 e. The second-order valence-corrected chi connectivity index (χ2v) is 8.83. The van der Waals surface area contributed by atoms with Gasteiger partial charge in [-0.05, 0) is 28.7 Å². The number of pyridine rings is 1. The molecule has 0 aliphatic heterocycles. The molecule has 0 spiro atoms. The summed E-state index contributed by atoms with van der Waals surface area (Å²) in [6.07, 6.45) is 1.67. The van der Waals surface area contributed by atoms with Crippen molar-refractivity contribution in [2.45, 2.75) is 31.6 Å². The SMILES string of the molecule is CC(C)c1ccc(C(N)CNS(=O)(=O)Cc2cccc3cccnc23)cc1.Cl. The molecule has 0 bridgehead atoms. The fraction of sp³-hybridized carbons (Fsp3) is 0.286. The van der Waals surface area contributed by atoms with E-state index in [9.17, 15) is 8.42 Å². The molecule has 0 saturated carbocycles. The highest BCUT2D eigenvalue weighted by Gasteiger charge is 2.16. The van der Waals surface area contributed by atoms with Crippen LogP contribution in [0, 0.1) is 0 Å². The Morgan fingerprint density at radius 3 is 2.32 bits per heavy atom. The Morgan fingerprint density at radius 2 is 1.64 bits per heavy atom. The summed E-state index contributed by atoms with van der Waals surface area (Å²) < 4.78 is 27.7.